The number of rotatable bonds is 4. The van der Waals surface area contributed by atoms with Crippen molar-refractivity contribution in [2.75, 3.05) is 6.61 Å². The summed E-state index contributed by atoms with van der Waals surface area (Å²) in [5.41, 5.74) is 0.859. The van der Waals surface area contributed by atoms with Gasteiger partial charge in [0.2, 0.25) is 0 Å². The molecule has 80 valence electrons. The zero-order valence-electron chi connectivity index (χ0n) is 8.33. The van der Waals surface area contributed by atoms with Gasteiger partial charge in [-0.25, -0.2) is 0 Å². The molecule has 1 aromatic rings. The molecule has 0 aliphatic carbocycles. The Hall–Kier alpha value is -1.16. The molecule has 0 aliphatic heterocycles. The number of ether oxygens (including phenoxy) is 1. The summed E-state index contributed by atoms with van der Waals surface area (Å²) in [5, 5.41) is 0. The minimum absolute atomic E-state index is 0.146. The summed E-state index contributed by atoms with van der Waals surface area (Å²) < 4.78 is 5.66. The van der Waals surface area contributed by atoms with E-state index in [-0.39, 0.29) is 24.8 Å². The van der Waals surface area contributed by atoms with Crippen molar-refractivity contribution in [2.45, 2.75) is 13.3 Å². The molecule has 0 spiro atoms. The van der Waals surface area contributed by atoms with Gasteiger partial charge in [0.1, 0.15) is 6.61 Å². The van der Waals surface area contributed by atoms with Crippen LogP contribution in [0.2, 0.25) is 0 Å². The van der Waals surface area contributed by atoms with E-state index in [1.54, 1.807) is 0 Å². The molecule has 0 N–H and O–H groups in total. The Morgan fingerprint density at radius 3 is 2.73 bits per heavy atom. The maximum absolute atomic E-state index is 11.2. The van der Waals surface area contributed by atoms with Crippen molar-refractivity contribution in [3.05, 3.63) is 34.3 Å². The van der Waals surface area contributed by atoms with Gasteiger partial charge < -0.3 is 4.74 Å². The molecular weight excluding hydrogens is 260 g/mol. The lowest BCUT2D eigenvalue weighted by Gasteiger charge is -2.02. The maximum atomic E-state index is 11.2. The van der Waals surface area contributed by atoms with Crippen molar-refractivity contribution < 1.29 is 14.3 Å². The van der Waals surface area contributed by atoms with Gasteiger partial charge in [-0.2, -0.15) is 0 Å². The molecule has 0 fully saturated rings. The number of hydrogen-bond donors (Lipinski definition) is 0. The van der Waals surface area contributed by atoms with E-state index in [2.05, 4.69) is 15.9 Å². The lowest BCUT2D eigenvalue weighted by molar-refractivity contribution is -0.146. The monoisotopic (exact) mass is 270 g/mol. The molecule has 1 rings (SSSR count). The maximum Gasteiger partial charge on any atom is 0.310 e. The van der Waals surface area contributed by atoms with Crippen molar-refractivity contribution in [2.24, 2.45) is 0 Å². The predicted octanol–water partition coefficient (Wildman–Crippen LogP) is 2.12. The summed E-state index contributed by atoms with van der Waals surface area (Å²) in [5.74, 6) is -0.541. The summed E-state index contributed by atoms with van der Waals surface area (Å²) in [4.78, 5) is 21.8. The van der Waals surface area contributed by atoms with Crippen LogP contribution in [0.15, 0.2) is 28.7 Å². The van der Waals surface area contributed by atoms with Gasteiger partial charge in [0, 0.05) is 4.47 Å². The highest BCUT2D eigenvalue weighted by molar-refractivity contribution is 9.10. The third-order valence-corrected chi connectivity index (χ3v) is 2.17. The molecule has 0 amide bonds. The summed E-state index contributed by atoms with van der Waals surface area (Å²) >= 11 is 3.31. The molecule has 0 aliphatic rings. The van der Waals surface area contributed by atoms with Crippen LogP contribution in [-0.4, -0.2) is 18.4 Å². The zero-order chi connectivity index (χ0) is 11.3. The Kier molecular flexibility index (Phi) is 4.49. The molecule has 4 heteroatoms. The van der Waals surface area contributed by atoms with E-state index in [1.807, 2.05) is 24.3 Å². The summed E-state index contributed by atoms with van der Waals surface area (Å²) in [6.07, 6.45) is 0.187. The van der Waals surface area contributed by atoms with Gasteiger partial charge >= 0.3 is 5.97 Å². The Bertz CT molecular complexity index is 374. The number of Topliss-reactive ketones (excluding diaryl/α,β-unsaturated/α-hetero) is 1. The fourth-order valence-corrected chi connectivity index (χ4v) is 1.49. The zero-order valence-corrected chi connectivity index (χ0v) is 9.91. The molecular formula is C11H11BrO3. The number of carbonyl (C=O) groups is 2. The number of ketones is 1. The topological polar surface area (TPSA) is 43.4 Å². The van der Waals surface area contributed by atoms with Crippen molar-refractivity contribution in [3.63, 3.8) is 0 Å². The first-order valence-electron chi connectivity index (χ1n) is 4.47. The van der Waals surface area contributed by atoms with Crippen LogP contribution in [-0.2, 0) is 20.7 Å². The number of hydrogen-bond acceptors (Lipinski definition) is 3. The number of esters is 1. The van der Waals surface area contributed by atoms with E-state index in [1.165, 1.54) is 6.92 Å². The average molecular weight is 271 g/mol. The number of halogens is 1. The van der Waals surface area contributed by atoms with Crippen LogP contribution in [0.5, 0.6) is 0 Å². The highest BCUT2D eigenvalue weighted by Crippen LogP contribution is 2.12. The van der Waals surface area contributed by atoms with Crippen LogP contribution in [0.1, 0.15) is 12.5 Å². The molecule has 0 radical (unpaired) electrons. The van der Waals surface area contributed by atoms with Crippen molar-refractivity contribution in [1.29, 1.82) is 0 Å². The van der Waals surface area contributed by atoms with Crippen LogP contribution >= 0.6 is 15.9 Å². The van der Waals surface area contributed by atoms with Gasteiger partial charge in [0.15, 0.2) is 5.78 Å². The van der Waals surface area contributed by atoms with Gasteiger partial charge in [-0.3, -0.25) is 9.59 Å². The molecule has 0 bridgehead atoms. The van der Waals surface area contributed by atoms with Crippen LogP contribution in [0, 0.1) is 0 Å². The second-order valence-corrected chi connectivity index (χ2v) is 4.09. The van der Waals surface area contributed by atoms with Gasteiger partial charge in [0.05, 0.1) is 6.42 Å². The summed E-state index contributed by atoms with van der Waals surface area (Å²) in [6.45, 7) is 1.24. The van der Waals surface area contributed by atoms with Gasteiger partial charge in [-0.05, 0) is 24.6 Å². The Morgan fingerprint density at radius 2 is 2.13 bits per heavy atom. The molecule has 0 aromatic heterocycles. The molecule has 0 saturated carbocycles. The highest BCUT2D eigenvalue weighted by Gasteiger charge is 2.06. The SMILES string of the molecule is CC(=O)COC(=O)Cc1cccc(Br)c1. The van der Waals surface area contributed by atoms with Crippen LogP contribution < -0.4 is 0 Å². The third-order valence-electron chi connectivity index (χ3n) is 1.67. The van der Waals surface area contributed by atoms with E-state index >= 15 is 0 Å². The molecule has 0 atom stereocenters. The first-order chi connectivity index (χ1) is 7.08. The van der Waals surface area contributed by atoms with Crippen molar-refractivity contribution >= 4 is 27.7 Å². The van der Waals surface area contributed by atoms with Crippen molar-refractivity contribution in [1.82, 2.24) is 0 Å². The smallest absolute Gasteiger partial charge is 0.310 e. The molecule has 1 aromatic carbocycles. The first kappa shape index (κ1) is 11.9. The molecule has 0 saturated heterocycles. The van der Waals surface area contributed by atoms with Gasteiger partial charge in [-0.1, -0.05) is 28.1 Å². The lowest BCUT2D eigenvalue weighted by Crippen LogP contribution is -2.13. The third kappa shape index (κ3) is 4.74. The van der Waals surface area contributed by atoms with Gasteiger partial charge in [-0.15, -0.1) is 0 Å². The standard InChI is InChI=1S/C11H11BrO3/c1-8(13)7-15-11(14)6-9-3-2-4-10(12)5-9/h2-5H,6-7H2,1H3. The molecule has 15 heavy (non-hydrogen) atoms. The minimum atomic E-state index is -0.386. The first-order valence-corrected chi connectivity index (χ1v) is 5.27. The Balaban J connectivity index is 2.48. The van der Waals surface area contributed by atoms with Crippen molar-refractivity contribution in [3.8, 4) is 0 Å². The molecule has 0 unspecified atom stereocenters. The van der Waals surface area contributed by atoms with Crippen LogP contribution in [0.4, 0.5) is 0 Å². The Morgan fingerprint density at radius 1 is 1.40 bits per heavy atom. The van der Waals surface area contributed by atoms with E-state index < -0.39 is 0 Å². The number of benzene rings is 1. The van der Waals surface area contributed by atoms with E-state index in [0.717, 1.165) is 10.0 Å². The summed E-state index contributed by atoms with van der Waals surface area (Å²) in [6, 6.07) is 7.40. The fraction of sp³-hybridized carbons (Fsp3) is 0.273. The lowest BCUT2D eigenvalue weighted by atomic mass is 10.2. The van der Waals surface area contributed by atoms with Crippen LogP contribution in [0.3, 0.4) is 0 Å². The number of carbonyl (C=O) groups excluding carboxylic acids is 2. The largest absolute Gasteiger partial charge is 0.457 e. The van der Waals surface area contributed by atoms with Gasteiger partial charge in [0.25, 0.3) is 0 Å². The molecule has 0 heterocycles. The average Bonchev–Trinajstić information content (AvgIpc) is 2.15. The Labute approximate surface area is 96.6 Å². The van der Waals surface area contributed by atoms with E-state index in [4.69, 9.17) is 4.74 Å². The predicted molar refractivity (Wildman–Crippen MR) is 59.5 cm³/mol. The molecule has 3 nitrogen and oxygen atoms in total. The summed E-state index contributed by atoms with van der Waals surface area (Å²) in [7, 11) is 0. The normalized spacial score (nSPS) is 9.73. The quantitative estimate of drug-likeness (QED) is 0.788. The van der Waals surface area contributed by atoms with Crippen LogP contribution in [0.25, 0.3) is 0 Å². The minimum Gasteiger partial charge on any atom is -0.457 e. The van der Waals surface area contributed by atoms with E-state index in [9.17, 15) is 9.59 Å². The highest BCUT2D eigenvalue weighted by atomic mass is 79.9. The fourth-order valence-electron chi connectivity index (χ4n) is 1.05. The van der Waals surface area contributed by atoms with E-state index in [0.29, 0.717) is 0 Å². The second-order valence-electron chi connectivity index (χ2n) is 3.17. The second kappa shape index (κ2) is 5.66.